The first kappa shape index (κ1) is 12.3. The first-order valence-electron chi connectivity index (χ1n) is 5.87. The van der Waals surface area contributed by atoms with Gasteiger partial charge < -0.3 is 5.32 Å². The Kier molecular flexibility index (Phi) is 3.45. The summed E-state index contributed by atoms with van der Waals surface area (Å²) in [5.41, 5.74) is 4.57. The molecule has 0 bridgehead atoms. The van der Waals surface area contributed by atoms with Gasteiger partial charge in [-0.3, -0.25) is 0 Å². The van der Waals surface area contributed by atoms with E-state index in [4.69, 9.17) is 0 Å². The largest absolute Gasteiger partial charge is 0.316 e. The quantitative estimate of drug-likeness (QED) is 0.893. The predicted molar refractivity (Wildman–Crippen MR) is 70.5 cm³/mol. The molecule has 0 fully saturated rings. The fourth-order valence-corrected chi connectivity index (χ4v) is 2.04. The van der Waals surface area contributed by atoms with Gasteiger partial charge in [0.05, 0.1) is 16.9 Å². The van der Waals surface area contributed by atoms with E-state index < -0.39 is 0 Å². The van der Waals surface area contributed by atoms with Crippen LogP contribution in [0.25, 0.3) is 5.69 Å². The Balaban J connectivity index is 2.52. The van der Waals surface area contributed by atoms with Crippen LogP contribution in [-0.2, 0) is 6.54 Å². The van der Waals surface area contributed by atoms with Crippen LogP contribution in [0.2, 0.25) is 0 Å². The van der Waals surface area contributed by atoms with Crippen molar-refractivity contribution in [2.75, 3.05) is 7.05 Å². The molecule has 0 aliphatic rings. The zero-order valence-electron chi connectivity index (χ0n) is 10.9. The molecule has 0 unspecified atom stereocenters. The second-order valence-corrected chi connectivity index (χ2v) is 4.33. The SMILES string of the molecule is CNCc1ccc(-n2nc(C)cc2C)c(C#N)c1. The highest BCUT2D eigenvalue weighted by molar-refractivity contribution is 5.51. The summed E-state index contributed by atoms with van der Waals surface area (Å²) in [7, 11) is 1.89. The molecule has 0 aliphatic heterocycles. The summed E-state index contributed by atoms with van der Waals surface area (Å²) in [5.74, 6) is 0. The van der Waals surface area contributed by atoms with E-state index in [1.54, 1.807) is 0 Å². The minimum atomic E-state index is 0.647. The maximum Gasteiger partial charge on any atom is 0.101 e. The van der Waals surface area contributed by atoms with Gasteiger partial charge in [0, 0.05) is 12.2 Å². The molecular weight excluding hydrogens is 224 g/mol. The third-order valence-corrected chi connectivity index (χ3v) is 2.80. The minimum Gasteiger partial charge on any atom is -0.316 e. The summed E-state index contributed by atoms with van der Waals surface area (Å²) < 4.78 is 1.82. The third kappa shape index (κ3) is 2.27. The number of nitrogens with zero attached hydrogens (tertiary/aromatic N) is 3. The molecule has 4 heteroatoms. The van der Waals surface area contributed by atoms with Gasteiger partial charge in [-0.2, -0.15) is 10.4 Å². The van der Waals surface area contributed by atoms with Crippen LogP contribution < -0.4 is 5.32 Å². The second-order valence-electron chi connectivity index (χ2n) is 4.33. The summed E-state index contributed by atoms with van der Waals surface area (Å²) in [6.45, 7) is 4.69. The number of hydrogen-bond donors (Lipinski definition) is 1. The van der Waals surface area contributed by atoms with E-state index in [2.05, 4.69) is 16.5 Å². The standard InChI is InChI=1S/C14H16N4/c1-10-6-11(2)18(17-10)14-5-4-12(9-16-3)7-13(14)8-15/h4-7,16H,9H2,1-3H3. The van der Waals surface area contributed by atoms with E-state index in [9.17, 15) is 5.26 Å². The molecule has 18 heavy (non-hydrogen) atoms. The Morgan fingerprint density at radius 2 is 2.11 bits per heavy atom. The van der Waals surface area contributed by atoms with E-state index in [0.717, 1.165) is 29.2 Å². The zero-order valence-corrected chi connectivity index (χ0v) is 10.9. The van der Waals surface area contributed by atoms with Crippen LogP contribution in [0.4, 0.5) is 0 Å². The number of hydrogen-bond acceptors (Lipinski definition) is 3. The van der Waals surface area contributed by atoms with Crippen molar-refractivity contribution < 1.29 is 0 Å². The molecule has 0 radical (unpaired) electrons. The monoisotopic (exact) mass is 240 g/mol. The Hall–Kier alpha value is -2.12. The molecule has 0 spiro atoms. The topological polar surface area (TPSA) is 53.6 Å². The molecule has 0 saturated carbocycles. The third-order valence-electron chi connectivity index (χ3n) is 2.80. The first-order valence-corrected chi connectivity index (χ1v) is 5.87. The number of nitriles is 1. The van der Waals surface area contributed by atoms with Gasteiger partial charge in [0.25, 0.3) is 0 Å². The zero-order chi connectivity index (χ0) is 13.1. The van der Waals surface area contributed by atoms with E-state index in [1.165, 1.54) is 0 Å². The van der Waals surface area contributed by atoms with Crippen LogP contribution in [0.1, 0.15) is 22.5 Å². The molecule has 4 nitrogen and oxygen atoms in total. The van der Waals surface area contributed by atoms with Gasteiger partial charge in [-0.1, -0.05) is 6.07 Å². The lowest BCUT2D eigenvalue weighted by atomic mass is 10.1. The van der Waals surface area contributed by atoms with Gasteiger partial charge in [-0.05, 0) is 44.7 Å². The number of aryl methyl sites for hydroxylation is 2. The van der Waals surface area contributed by atoms with Crippen LogP contribution in [0.3, 0.4) is 0 Å². The summed E-state index contributed by atoms with van der Waals surface area (Å²) in [6.07, 6.45) is 0. The molecule has 1 heterocycles. The molecule has 1 N–H and O–H groups in total. The lowest BCUT2D eigenvalue weighted by molar-refractivity contribution is 0.808. The summed E-state index contributed by atoms with van der Waals surface area (Å²) >= 11 is 0. The Labute approximate surface area is 107 Å². The number of nitrogens with one attached hydrogen (secondary N) is 1. The van der Waals surface area contributed by atoms with Crippen molar-refractivity contribution in [3.8, 4) is 11.8 Å². The van der Waals surface area contributed by atoms with E-state index in [1.807, 2.05) is 49.8 Å². The van der Waals surface area contributed by atoms with E-state index >= 15 is 0 Å². The molecule has 0 atom stereocenters. The van der Waals surface area contributed by atoms with Crippen LogP contribution in [0.15, 0.2) is 24.3 Å². The summed E-state index contributed by atoms with van der Waals surface area (Å²) in [6, 6.07) is 10.1. The van der Waals surface area contributed by atoms with Crippen LogP contribution in [-0.4, -0.2) is 16.8 Å². The highest BCUT2D eigenvalue weighted by Crippen LogP contribution is 2.18. The van der Waals surface area contributed by atoms with E-state index in [-0.39, 0.29) is 0 Å². The number of aromatic nitrogens is 2. The normalized spacial score (nSPS) is 10.3. The predicted octanol–water partition coefficient (Wildman–Crippen LogP) is 2.08. The maximum atomic E-state index is 9.26. The Morgan fingerprint density at radius 1 is 1.33 bits per heavy atom. The average Bonchev–Trinajstić information content (AvgIpc) is 2.68. The Bertz CT molecular complexity index is 605. The lowest BCUT2D eigenvalue weighted by Gasteiger charge is -2.08. The van der Waals surface area contributed by atoms with Gasteiger partial charge in [-0.15, -0.1) is 0 Å². The second kappa shape index (κ2) is 5.03. The maximum absolute atomic E-state index is 9.26. The van der Waals surface area contributed by atoms with Gasteiger partial charge in [0.2, 0.25) is 0 Å². The average molecular weight is 240 g/mol. The molecule has 92 valence electrons. The van der Waals surface area contributed by atoms with Crippen molar-refractivity contribution in [1.29, 1.82) is 5.26 Å². The number of rotatable bonds is 3. The minimum absolute atomic E-state index is 0.647. The van der Waals surface area contributed by atoms with Crippen molar-refractivity contribution in [3.63, 3.8) is 0 Å². The van der Waals surface area contributed by atoms with Crippen molar-refractivity contribution in [3.05, 3.63) is 46.8 Å². The smallest absolute Gasteiger partial charge is 0.101 e. The highest BCUT2D eigenvalue weighted by atomic mass is 15.3. The van der Waals surface area contributed by atoms with Gasteiger partial charge >= 0.3 is 0 Å². The van der Waals surface area contributed by atoms with E-state index in [0.29, 0.717) is 5.56 Å². The van der Waals surface area contributed by atoms with Crippen LogP contribution in [0.5, 0.6) is 0 Å². The first-order chi connectivity index (χ1) is 8.65. The van der Waals surface area contributed by atoms with Gasteiger partial charge in [0.1, 0.15) is 6.07 Å². The summed E-state index contributed by atoms with van der Waals surface area (Å²) in [5, 5.41) is 16.8. The van der Waals surface area contributed by atoms with Crippen molar-refractivity contribution >= 4 is 0 Å². The summed E-state index contributed by atoms with van der Waals surface area (Å²) in [4.78, 5) is 0. The molecule has 2 aromatic rings. The fraction of sp³-hybridized carbons (Fsp3) is 0.286. The molecule has 2 rings (SSSR count). The molecule has 0 saturated heterocycles. The van der Waals surface area contributed by atoms with Crippen LogP contribution >= 0.6 is 0 Å². The van der Waals surface area contributed by atoms with Gasteiger partial charge in [-0.25, -0.2) is 4.68 Å². The molecule has 1 aromatic heterocycles. The van der Waals surface area contributed by atoms with Crippen molar-refractivity contribution in [2.45, 2.75) is 20.4 Å². The number of benzene rings is 1. The van der Waals surface area contributed by atoms with Crippen LogP contribution in [0, 0.1) is 25.2 Å². The van der Waals surface area contributed by atoms with Crippen molar-refractivity contribution in [1.82, 2.24) is 15.1 Å². The molecule has 0 amide bonds. The molecule has 1 aromatic carbocycles. The molecular formula is C14H16N4. The highest BCUT2D eigenvalue weighted by Gasteiger charge is 2.09. The molecule has 0 aliphatic carbocycles. The van der Waals surface area contributed by atoms with Gasteiger partial charge in [0.15, 0.2) is 0 Å². The Morgan fingerprint density at radius 3 is 2.67 bits per heavy atom. The fourth-order valence-electron chi connectivity index (χ4n) is 2.04. The van der Waals surface area contributed by atoms with Crippen molar-refractivity contribution in [2.24, 2.45) is 0 Å². The lowest BCUT2D eigenvalue weighted by Crippen LogP contribution is -2.07.